The van der Waals surface area contributed by atoms with Crippen molar-refractivity contribution in [3.05, 3.63) is 35.0 Å². The standard InChI is InChI=1S/C19H19N9O6S3/c1-3-4-27-19(23-25-26-27)37-6-9-5-35-16-12(15(31)28(16)13(9)17(32)33)22-14(30)11(24-34-2)10-7-36-18(21-10)20-8-29/h3,7-8,12,16H,1,4-6H2,2H3,(H,22,30)(H,32,33)(H,20,21,29)/t12?,16-/m1/s1. The molecule has 1 fully saturated rings. The van der Waals surface area contributed by atoms with Crippen LogP contribution in [0.4, 0.5) is 5.13 Å². The Morgan fingerprint density at radius 3 is 2.97 bits per heavy atom. The van der Waals surface area contributed by atoms with Gasteiger partial charge in [0, 0.05) is 16.9 Å². The molecule has 0 aliphatic carbocycles. The fraction of sp³-hybridized carbons (Fsp3) is 0.316. The minimum atomic E-state index is -1.25. The molecule has 3 N–H and O–H groups in total. The maximum atomic E-state index is 13.0. The van der Waals surface area contributed by atoms with Gasteiger partial charge in [-0.1, -0.05) is 23.0 Å². The highest BCUT2D eigenvalue weighted by Gasteiger charge is 2.54. The summed E-state index contributed by atoms with van der Waals surface area (Å²) in [6, 6.07) is -0.978. The van der Waals surface area contributed by atoms with E-state index >= 15 is 0 Å². The largest absolute Gasteiger partial charge is 0.477 e. The van der Waals surface area contributed by atoms with Crippen molar-refractivity contribution < 1.29 is 29.1 Å². The van der Waals surface area contributed by atoms with Crippen molar-refractivity contribution >= 4 is 69.9 Å². The summed E-state index contributed by atoms with van der Waals surface area (Å²) in [5.74, 6) is -1.97. The molecular weight excluding hydrogens is 546 g/mol. The predicted molar refractivity (Wildman–Crippen MR) is 134 cm³/mol. The monoisotopic (exact) mass is 565 g/mol. The van der Waals surface area contributed by atoms with Gasteiger partial charge in [-0.05, 0) is 16.0 Å². The van der Waals surface area contributed by atoms with Gasteiger partial charge < -0.3 is 20.6 Å². The van der Waals surface area contributed by atoms with Crippen LogP contribution in [0.5, 0.6) is 0 Å². The van der Waals surface area contributed by atoms with Crippen molar-refractivity contribution in [1.82, 2.24) is 35.4 Å². The highest BCUT2D eigenvalue weighted by Crippen LogP contribution is 2.41. The van der Waals surface area contributed by atoms with E-state index < -0.39 is 29.2 Å². The lowest BCUT2D eigenvalue weighted by Gasteiger charge is -2.49. The summed E-state index contributed by atoms with van der Waals surface area (Å²) in [6.45, 7) is 4.04. The number of carboxylic acids is 1. The van der Waals surface area contributed by atoms with Crippen LogP contribution >= 0.6 is 34.9 Å². The lowest BCUT2D eigenvalue weighted by atomic mass is 10.0. The van der Waals surface area contributed by atoms with Crippen molar-refractivity contribution in [3.8, 4) is 0 Å². The lowest BCUT2D eigenvalue weighted by molar-refractivity contribution is -0.150. The van der Waals surface area contributed by atoms with Crippen molar-refractivity contribution in [1.29, 1.82) is 0 Å². The highest BCUT2D eigenvalue weighted by molar-refractivity contribution is 8.01. The zero-order chi connectivity index (χ0) is 26.5. The highest BCUT2D eigenvalue weighted by atomic mass is 32.2. The number of rotatable bonds is 12. The van der Waals surface area contributed by atoms with Gasteiger partial charge in [0.2, 0.25) is 11.6 Å². The first-order valence-corrected chi connectivity index (χ1v) is 13.3. The first kappa shape index (κ1) is 26.3. The first-order valence-electron chi connectivity index (χ1n) is 10.4. The molecule has 0 bridgehead atoms. The van der Waals surface area contributed by atoms with E-state index in [1.54, 1.807) is 6.08 Å². The van der Waals surface area contributed by atoms with Crippen LogP contribution in [0.2, 0.25) is 0 Å². The molecule has 1 saturated heterocycles. The van der Waals surface area contributed by atoms with Crippen LogP contribution in [0.1, 0.15) is 5.69 Å². The molecule has 2 atom stereocenters. The predicted octanol–water partition coefficient (Wildman–Crippen LogP) is -0.235. The number of anilines is 1. The number of amides is 3. The second-order valence-corrected chi connectivity index (χ2v) is 10.2. The number of carbonyl (C=O) groups is 4. The Labute approximate surface area is 221 Å². The molecule has 37 heavy (non-hydrogen) atoms. The minimum absolute atomic E-state index is 0.121. The third-order valence-electron chi connectivity index (χ3n) is 5.04. The molecule has 4 heterocycles. The quantitative estimate of drug-likeness (QED) is 0.0765. The summed E-state index contributed by atoms with van der Waals surface area (Å²) in [5, 5.41) is 31.6. The van der Waals surface area contributed by atoms with E-state index in [-0.39, 0.29) is 28.0 Å². The Balaban J connectivity index is 1.48. The van der Waals surface area contributed by atoms with Gasteiger partial charge in [0.1, 0.15) is 29.9 Å². The number of hydrogen-bond donors (Lipinski definition) is 3. The number of fused-ring (bicyclic) bond motifs is 1. The number of β-lactam (4-membered cyclic amide) rings is 1. The minimum Gasteiger partial charge on any atom is -0.477 e. The molecule has 0 radical (unpaired) electrons. The summed E-state index contributed by atoms with van der Waals surface area (Å²) in [5.41, 5.74) is 0.347. The number of aliphatic carboxylic acids is 1. The van der Waals surface area contributed by atoms with Gasteiger partial charge in [-0.3, -0.25) is 19.3 Å². The van der Waals surface area contributed by atoms with E-state index in [1.165, 1.54) is 45.6 Å². The molecular formula is C19H19N9O6S3. The maximum absolute atomic E-state index is 13.0. The zero-order valence-corrected chi connectivity index (χ0v) is 21.5. The van der Waals surface area contributed by atoms with Crippen LogP contribution in [-0.2, 0) is 30.6 Å². The van der Waals surface area contributed by atoms with E-state index in [4.69, 9.17) is 4.84 Å². The summed E-state index contributed by atoms with van der Waals surface area (Å²) >= 11 is 3.65. The fourth-order valence-electron chi connectivity index (χ4n) is 3.49. The molecule has 1 unspecified atom stereocenters. The Bertz CT molecular complexity index is 1310. The molecule has 3 amide bonds. The first-order chi connectivity index (χ1) is 17.9. The molecule has 2 aliphatic heterocycles. The number of carbonyl (C=O) groups excluding carboxylic acids is 3. The maximum Gasteiger partial charge on any atom is 0.352 e. The molecule has 15 nitrogen and oxygen atoms in total. The number of nitrogens with one attached hydrogen (secondary N) is 2. The number of carboxylic acid groups (broad SMARTS) is 1. The number of thiazole rings is 1. The van der Waals surface area contributed by atoms with E-state index in [9.17, 15) is 24.3 Å². The Kier molecular flexibility index (Phi) is 8.19. The number of hydrogen-bond acceptors (Lipinski definition) is 13. The Morgan fingerprint density at radius 1 is 1.46 bits per heavy atom. The molecule has 0 spiro atoms. The van der Waals surface area contributed by atoms with Crippen molar-refractivity contribution in [2.45, 2.75) is 23.1 Å². The van der Waals surface area contributed by atoms with Gasteiger partial charge in [-0.15, -0.1) is 34.8 Å². The van der Waals surface area contributed by atoms with Gasteiger partial charge in [0.25, 0.3) is 11.8 Å². The van der Waals surface area contributed by atoms with Gasteiger partial charge in [0.15, 0.2) is 10.8 Å². The van der Waals surface area contributed by atoms with Crippen LogP contribution in [-0.4, -0.2) is 95.1 Å². The van der Waals surface area contributed by atoms with Crippen molar-refractivity contribution in [2.75, 3.05) is 23.9 Å². The van der Waals surface area contributed by atoms with Crippen molar-refractivity contribution in [3.63, 3.8) is 0 Å². The molecule has 0 saturated carbocycles. The van der Waals surface area contributed by atoms with Crippen molar-refractivity contribution in [2.24, 2.45) is 5.16 Å². The number of aromatic nitrogens is 5. The fourth-order valence-corrected chi connectivity index (χ4v) is 6.51. The topological polar surface area (TPSA) is 194 Å². The van der Waals surface area contributed by atoms with Crippen LogP contribution in [0.15, 0.2) is 39.6 Å². The van der Waals surface area contributed by atoms with E-state index in [2.05, 4.69) is 42.9 Å². The second kappa shape index (κ2) is 11.5. The third kappa shape index (κ3) is 5.35. The Hall–Kier alpha value is -3.77. The summed E-state index contributed by atoms with van der Waals surface area (Å²) in [4.78, 5) is 58.7. The van der Waals surface area contributed by atoms with E-state index in [0.717, 1.165) is 11.3 Å². The normalized spacial score (nSPS) is 19.1. The zero-order valence-electron chi connectivity index (χ0n) is 19.1. The second-order valence-electron chi connectivity index (χ2n) is 7.26. The van der Waals surface area contributed by atoms with E-state index in [0.29, 0.717) is 29.4 Å². The SMILES string of the molecule is C=CCn1nnnc1SCC1=C(C(=O)O)N2C(=O)C(NC(=O)C(=NOC)c3csc(NC=O)n3)[C@H]2SC1. The van der Waals surface area contributed by atoms with Gasteiger partial charge in [0.05, 0.1) is 6.54 Å². The molecule has 4 rings (SSSR count). The lowest BCUT2D eigenvalue weighted by Crippen LogP contribution is -2.71. The van der Waals surface area contributed by atoms with Gasteiger partial charge in [-0.2, -0.15) is 0 Å². The average molecular weight is 566 g/mol. The molecule has 2 aromatic rings. The third-order valence-corrected chi connectivity index (χ3v) is 8.20. The molecule has 194 valence electrons. The number of oxime groups is 1. The molecule has 2 aliphatic rings. The number of nitrogens with zero attached hydrogens (tertiary/aromatic N) is 7. The molecule has 0 aromatic carbocycles. The van der Waals surface area contributed by atoms with Gasteiger partial charge in [-0.25, -0.2) is 14.5 Å². The van der Waals surface area contributed by atoms with Crippen LogP contribution in [0.25, 0.3) is 0 Å². The number of allylic oxidation sites excluding steroid dienone is 1. The van der Waals surface area contributed by atoms with Crippen LogP contribution in [0.3, 0.4) is 0 Å². The summed E-state index contributed by atoms with van der Waals surface area (Å²) in [7, 11) is 1.25. The molecule has 18 heteroatoms. The number of thioether (sulfide) groups is 2. The summed E-state index contributed by atoms with van der Waals surface area (Å²) in [6.07, 6.45) is 2.08. The van der Waals surface area contributed by atoms with E-state index in [1.807, 2.05) is 0 Å². The molecule has 2 aromatic heterocycles. The summed E-state index contributed by atoms with van der Waals surface area (Å²) < 4.78 is 1.53. The average Bonchev–Trinajstić information content (AvgIpc) is 3.53. The van der Waals surface area contributed by atoms with Crippen LogP contribution < -0.4 is 10.6 Å². The van der Waals surface area contributed by atoms with Gasteiger partial charge >= 0.3 is 5.97 Å². The number of tetrazole rings is 1. The smallest absolute Gasteiger partial charge is 0.352 e. The van der Waals surface area contributed by atoms with Crippen LogP contribution in [0, 0.1) is 0 Å². The Morgan fingerprint density at radius 2 is 2.27 bits per heavy atom.